The van der Waals surface area contributed by atoms with Crippen LogP contribution in [0, 0.1) is 5.92 Å². The van der Waals surface area contributed by atoms with Crippen LogP contribution in [0.4, 0.5) is 0 Å². The lowest BCUT2D eigenvalue weighted by atomic mass is 9.97. The second kappa shape index (κ2) is 6.18. The van der Waals surface area contributed by atoms with Crippen LogP contribution in [0.2, 0.25) is 0 Å². The lowest BCUT2D eigenvalue weighted by Gasteiger charge is -2.32. The second-order valence-corrected chi connectivity index (χ2v) is 5.43. The zero-order chi connectivity index (χ0) is 13.8. The first-order valence-electron chi connectivity index (χ1n) is 7.30. The molecule has 1 amide bonds. The Kier molecular flexibility index (Phi) is 4.11. The summed E-state index contributed by atoms with van der Waals surface area (Å²) in [5.41, 5.74) is 2.39. The number of ether oxygens (including phenoxy) is 1. The third kappa shape index (κ3) is 2.90. The Morgan fingerprint density at radius 1 is 1.35 bits per heavy atom. The highest BCUT2D eigenvalue weighted by Crippen LogP contribution is 2.23. The number of pyridine rings is 1. The fourth-order valence-electron chi connectivity index (χ4n) is 2.90. The smallest absolute Gasteiger partial charge is 0.228 e. The number of rotatable bonds is 2. The predicted octanol–water partition coefficient (Wildman–Crippen LogP) is 2.12. The number of carbonyl (C=O) groups is 1. The minimum Gasteiger partial charge on any atom is -0.381 e. The molecule has 0 bridgehead atoms. The van der Waals surface area contributed by atoms with Gasteiger partial charge in [-0.3, -0.25) is 9.78 Å². The first kappa shape index (κ1) is 13.3. The molecule has 0 spiro atoms. The van der Waals surface area contributed by atoms with Gasteiger partial charge >= 0.3 is 0 Å². The molecule has 3 heterocycles. The van der Waals surface area contributed by atoms with Crippen molar-refractivity contribution in [2.75, 3.05) is 26.3 Å². The van der Waals surface area contributed by atoms with E-state index in [2.05, 4.69) is 11.1 Å². The minimum absolute atomic E-state index is 0.0561. The Labute approximate surface area is 119 Å². The molecule has 20 heavy (non-hydrogen) atoms. The highest BCUT2D eigenvalue weighted by Gasteiger charge is 2.28. The van der Waals surface area contributed by atoms with Crippen molar-refractivity contribution < 1.29 is 9.53 Å². The van der Waals surface area contributed by atoms with E-state index in [1.165, 1.54) is 5.57 Å². The summed E-state index contributed by atoms with van der Waals surface area (Å²) in [4.78, 5) is 18.6. The molecule has 0 aliphatic carbocycles. The zero-order valence-electron chi connectivity index (χ0n) is 11.6. The molecule has 0 radical (unpaired) electrons. The molecule has 0 unspecified atom stereocenters. The van der Waals surface area contributed by atoms with Crippen LogP contribution in [0.5, 0.6) is 0 Å². The fourth-order valence-corrected chi connectivity index (χ4v) is 2.90. The first-order chi connectivity index (χ1) is 9.84. The number of hydrogen-bond donors (Lipinski definition) is 0. The Balaban J connectivity index is 1.68. The zero-order valence-corrected chi connectivity index (χ0v) is 11.6. The molecular formula is C16H20N2O2. The highest BCUT2D eigenvalue weighted by atomic mass is 16.5. The van der Waals surface area contributed by atoms with E-state index in [4.69, 9.17) is 4.74 Å². The van der Waals surface area contributed by atoms with Gasteiger partial charge in [0.15, 0.2) is 0 Å². The Morgan fingerprint density at radius 2 is 2.20 bits per heavy atom. The van der Waals surface area contributed by atoms with E-state index in [0.717, 1.165) is 38.0 Å². The van der Waals surface area contributed by atoms with Gasteiger partial charge in [-0.2, -0.15) is 0 Å². The van der Waals surface area contributed by atoms with Gasteiger partial charge in [0.1, 0.15) is 0 Å². The number of carbonyl (C=O) groups excluding carboxylic acids is 1. The monoisotopic (exact) mass is 272 g/mol. The van der Waals surface area contributed by atoms with Crippen LogP contribution in [0.1, 0.15) is 24.8 Å². The van der Waals surface area contributed by atoms with Crippen molar-refractivity contribution in [3.05, 3.63) is 36.2 Å². The summed E-state index contributed by atoms with van der Waals surface area (Å²) >= 11 is 0. The molecule has 1 fully saturated rings. The molecule has 1 aromatic heterocycles. The average Bonchev–Trinajstić information content (AvgIpc) is 2.56. The first-order valence-corrected chi connectivity index (χ1v) is 7.30. The summed E-state index contributed by atoms with van der Waals surface area (Å²) < 4.78 is 5.44. The fraction of sp³-hybridized carbons (Fsp3) is 0.500. The number of nitrogens with zero attached hydrogens (tertiary/aromatic N) is 2. The van der Waals surface area contributed by atoms with Crippen molar-refractivity contribution in [2.45, 2.75) is 19.3 Å². The van der Waals surface area contributed by atoms with Crippen LogP contribution in [-0.2, 0) is 9.53 Å². The Morgan fingerprint density at radius 3 is 2.95 bits per heavy atom. The Bertz CT molecular complexity index is 492. The molecular weight excluding hydrogens is 252 g/mol. The van der Waals surface area contributed by atoms with Crippen molar-refractivity contribution in [2.24, 2.45) is 5.92 Å². The molecule has 1 saturated heterocycles. The standard InChI is InChI=1S/C16H20N2O2/c19-16(15-4-2-10-20-12-15)18-9-1-3-14(11-18)13-5-7-17-8-6-13/h3,5-8,15H,1-2,4,9-12H2/t15-/m0/s1. The van der Waals surface area contributed by atoms with Crippen LogP contribution < -0.4 is 0 Å². The number of aromatic nitrogens is 1. The van der Waals surface area contributed by atoms with E-state index in [1.807, 2.05) is 17.0 Å². The number of hydrogen-bond acceptors (Lipinski definition) is 3. The molecule has 0 aromatic carbocycles. The Hall–Kier alpha value is -1.68. The van der Waals surface area contributed by atoms with Gasteiger partial charge < -0.3 is 9.64 Å². The lowest BCUT2D eigenvalue weighted by molar-refractivity contribution is -0.139. The van der Waals surface area contributed by atoms with Crippen LogP contribution >= 0.6 is 0 Å². The van der Waals surface area contributed by atoms with E-state index in [0.29, 0.717) is 13.2 Å². The quantitative estimate of drug-likeness (QED) is 0.828. The highest BCUT2D eigenvalue weighted by molar-refractivity contribution is 5.82. The second-order valence-electron chi connectivity index (χ2n) is 5.43. The normalized spacial score (nSPS) is 23.3. The summed E-state index contributed by atoms with van der Waals surface area (Å²) in [5.74, 6) is 0.310. The third-order valence-electron chi connectivity index (χ3n) is 4.02. The molecule has 2 aliphatic heterocycles. The van der Waals surface area contributed by atoms with E-state index in [1.54, 1.807) is 12.4 Å². The van der Waals surface area contributed by atoms with Gasteiger partial charge in [-0.1, -0.05) is 6.08 Å². The van der Waals surface area contributed by atoms with Crippen molar-refractivity contribution >= 4 is 11.5 Å². The minimum atomic E-state index is 0.0561. The summed E-state index contributed by atoms with van der Waals surface area (Å²) in [6, 6.07) is 4.01. The molecule has 4 nitrogen and oxygen atoms in total. The summed E-state index contributed by atoms with van der Waals surface area (Å²) in [5, 5.41) is 0. The van der Waals surface area contributed by atoms with Crippen molar-refractivity contribution in [3.63, 3.8) is 0 Å². The molecule has 0 saturated carbocycles. The molecule has 0 N–H and O–H groups in total. The SMILES string of the molecule is O=C([C@H]1CCCOC1)N1CCC=C(c2ccncc2)C1. The molecule has 4 heteroatoms. The molecule has 3 rings (SSSR count). The van der Waals surface area contributed by atoms with Crippen molar-refractivity contribution in [1.82, 2.24) is 9.88 Å². The van der Waals surface area contributed by atoms with Gasteiger partial charge in [0.05, 0.1) is 12.5 Å². The summed E-state index contributed by atoms with van der Waals surface area (Å²) in [6.45, 7) is 2.92. The van der Waals surface area contributed by atoms with Gasteiger partial charge in [-0.25, -0.2) is 0 Å². The maximum Gasteiger partial charge on any atom is 0.228 e. The van der Waals surface area contributed by atoms with E-state index >= 15 is 0 Å². The van der Waals surface area contributed by atoms with Crippen molar-refractivity contribution in [1.29, 1.82) is 0 Å². The maximum atomic E-state index is 12.5. The van der Waals surface area contributed by atoms with Gasteiger partial charge in [-0.05, 0) is 42.5 Å². The van der Waals surface area contributed by atoms with Crippen LogP contribution in [-0.4, -0.2) is 42.1 Å². The largest absolute Gasteiger partial charge is 0.381 e. The van der Waals surface area contributed by atoms with Crippen LogP contribution in [0.3, 0.4) is 0 Å². The van der Waals surface area contributed by atoms with Gasteiger partial charge in [-0.15, -0.1) is 0 Å². The lowest BCUT2D eigenvalue weighted by Crippen LogP contribution is -2.42. The van der Waals surface area contributed by atoms with Gasteiger partial charge in [0.25, 0.3) is 0 Å². The molecule has 1 aromatic rings. The van der Waals surface area contributed by atoms with E-state index in [9.17, 15) is 4.79 Å². The summed E-state index contributed by atoms with van der Waals surface area (Å²) in [7, 11) is 0. The summed E-state index contributed by atoms with van der Waals surface area (Å²) in [6.07, 6.45) is 8.71. The number of amides is 1. The van der Waals surface area contributed by atoms with E-state index < -0.39 is 0 Å². The van der Waals surface area contributed by atoms with Crippen LogP contribution in [0.15, 0.2) is 30.6 Å². The van der Waals surface area contributed by atoms with E-state index in [-0.39, 0.29) is 11.8 Å². The predicted molar refractivity (Wildman–Crippen MR) is 77.0 cm³/mol. The topological polar surface area (TPSA) is 42.4 Å². The third-order valence-corrected chi connectivity index (χ3v) is 4.02. The average molecular weight is 272 g/mol. The molecule has 2 aliphatic rings. The van der Waals surface area contributed by atoms with Gasteiger partial charge in [0, 0.05) is 32.1 Å². The van der Waals surface area contributed by atoms with Gasteiger partial charge in [0.2, 0.25) is 5.91 Å². The van der Waals surface area contributed by atoms with Crippen molar-refractivity contribution in [3.8, 4) is 0 Å². The molecule has 1 atom stereocenters. The van der Waals surface area contributed by atoms with Crippen LogP contribution in [0.25, 0.3) is 5.57 Å². The maximum absolute atomic E-state index is 12.5. The molecule has 106 valence electrons.